The lowest BCUT2D eigenvalue weighted by molar-refractivity contribution is -0.140. The summed E-state index contributed by atoms with van der Waals surface area (Å²) in [5.74, 6) is 0. The molecular formula is C22H21F3O2S2. The predicted octanol–water partition coefficient (Wildman–Crippen LogP) is 6.37. The third kappa shape index (κ3) is 4.51. The van der Waals surface area contributed by atoms with E-state index in [4.69, 9.17) is 0 Å². The normalized spacial score (nSPS) is 12.8. The van der Waals surface area contributed by atoms with Gasteiger partial charge in [0.1, 0.15) is 0 Å². The first-order valence-corrected chi connectivity index (χ1v) is 11.9. The maximum absolute atomic E-state index is 13.8. The summed E-state index contributed by atoms with van der Waals surface area (Å²) < 4.78 is 66.6. The standard InChI is InChI=1S/C22H21F3O2S2/c1-16(2)29(26,27)21-14-13-19(15-20(21)22(23,24)25)28(17-9-5-3-6-10-17)18-11-7-4-8-12-18/h3-16,28H,1-2H3. The van der Waals surface area contributed by atoms with E-state index in [0.29, 0.717) is 4.90 Å². The number of hydrogen-bond donors (Lipinski definition) is 1. The molecule has 2 nitrogen and oxygen atoms in total. The van der Waals surface area contributed by atoms with E-state index in [2.05, 4.69) is 0 Å². The van der Waals surface area contributed by atoms with Gasteiger partial charge >= 0.3 is 6.18 Å². The van der Waals surface area contributed by atoms with Gasteiger partial charge < -0.3 is 0 Å². The van der Waals surface area contributed by atoms with Crippen LogP contribution in [0.1, 0.15) is 19.4 Å². The largest absolute Gasteiger partial charge is 0.417 e. The van der Waals surface area contributed by atoms with Gasteiger partial charge in [0.05, 0.1) is 15.7 Å². The fourth-order valence-corrected chi connectivity index (χ4v) is 6.55. The van der Waals surface area contributed by atoms with E-state index in [-0.39, 0.29) is 0 Å². The molecule has 29 heavy (non-hydrogen) atoms. The monoisotopic (exact) mass is 438 g/mol. The van der Waals surface area contributed by atoms with Crippen molar-refractivity contribution in [3.05, 3.63) is 84.4 Å². The van der Waals surface area contributed by atoms with Crippen LogP contribution in [0.15, 0.2) is 98.4 Å². The van der Waals surface area contributed by atoms with Gasteiger partial charge in [-0.1, -0.05) is 36.4 Å². The molecule has 0 radical (unpaired) electrons. The molecule has 0 atom stereocenters. The predicted molar refractivity (Wildman–Crippen MR) is 110 cm³/mol. The summed E-state index contributed by atoms with van der Waals surface area (Å²) in [6, 6.07) is 22.2. The van der Waals surface area contributed by atoms with Crippen molar-refractivity contribution in [1.29, 1.82) is 0 Å². The van der Waals surface area contributed by atoms with E-state index < -0.39 is 42.6 Å². The molecule has 0 amide bonds. The van der Waals surface area contributed by atoms with Gasteiger partial charge in [-0.2, -0.15) is 24.1 Å². The highest BCUT2D eigenvalue weighted by Crippen LogP contribution is 2.52. The van der Waals surface area contributed by atoms with Crippen molar-refractivity contribution in [2.75, 3.05) is 0 Å². The van der Waals surface area contributed by atoms with Gasteiger partial charge in [0, 0.05) is 0 Å². The van der Waals surface area contributed by atoms with Gasteiger partial charge in [-0.05, 0) is 71.0 Å². The first kappa shape index (κ1) is 21.5. The topological polar surface area (TPSA) is 34.1 Å². The zero-order chi connectivity index (χ0) is 21.2. The zero-order valence-electron chi connectivity index (χ0n) is 15.9. The maximum Gasteiger partial charge on any atom is 0.417 e. The van der Waals surface area contributed by atoms with Gasteiger partial charge in [-0.25, -0.2) is 8.42 Å². The van der Waals surface area contributed by atoms with E-state index in [1.165, 1.54) is 19.9 Å². The number of thiol groups is 1. The summed E-state index contributed by atoms with van der Waals surface area (Å²) in [5.41, 5.74) is -1.11. The lowest BCUT2D eigenvalue weighted by atomic mass is 10.2. The van der Waals surface area contributed by atoms with Crippen LogP contribution in [0.2, 0.25) is 0 Å². The Hall–Kier alpha value is -2.25. The van der Waals surface area contributed by atoms with E-state index in [1.807, 2.05) is 60.7 Å². The maximum atomic E-state index is 13.8. The van der Waals surface area contributed by atoms with Gasteiger partial charge in [-0.3, -0.25) is 0 Å². The Balaban J connectivity index is 2.25. The summed E-state index contributed by atoms with van der Waals surface area (Å²) in [7, 11) is -5.34. The number of hydrogen-bond acceptors (Lipinski definition) is 2. The molecule has 0 aliphatic rings. The van der Waals surface area contributed by atoms with E-state index >= 15 is 0 Å². The van der Waals surface area contributed by atoms with Crippen molar-refractivity contribution in [3.63, 3.8) is 0 Å². The van der Waals surface area contributed by atoms with Crippen LogP contribution in [0.4, 0.5) is 13.2 Å². The van der Waals surface area contributed by atoms with Crippen LogP contribution in [0.3, 0.4) is 0 Å². The van der Waals surface area contributed by atoms with Crippen LogP contribution >= 0.6 is 10.9 Å². The minimum absolute atomic E-state index is 0.451. The van der Waals surface area contributed by atoms with Gasteiger partial charge in [0.25, 0.3) is 0 Å². The second kappa shape index (κ2) is 8.24. The number of rotatable bonds is 5. The van der Waals surface area contributed by atoms with Crippen LogP contribution < -0.4 is 0 Å². The molecule has 154 valence electrons. The number of benzene rings is 3. The minimum Gasteiger partial charge on any atom is -0.223 e. The minimum atomic E-state index is -4.78. The number of alkyl halides is 3. The third-order valence-corrected chi connectivity index (χ3v) is 9.12. The molecule has 0 saturated carbocycles. The highest BCUT2D eigenvalue weighted by Gasteiger charge is 2.38. The van der Waals surface area contributed by atoms with E-state index in [1.54, 1.807) is 0 Å². The molecule has 0 N–H and O–H groups in total. The Morgan fingerprint density at radius 3 is 1.66 bits per heavy atom. The Bertz CT molecular complexity index is 1040. The molecule has 0 saturated heterocycles. The van der Waals surface area contributed by atoms with E-state index in [0.717, 1.165) is 21.9 Å². The van der Waals surface area contributed by atoms with Crippen molar-refractivity contribution in [1.82, 2.24) is 0 Å². The average molecular weight is 439 g/mol. The molecule has 0 unspecified atom stereocenters. The molecule has 3 aromatic rings. The zero-order valence-corrected chi connectivity index (χ0v) is 17.6. The Labute approximate surface area is 171 Å². The van der Waals surface area contributed by atoms with Crippen molar-refractivity contribution in [3.8, 4) is 0 Å². The fraction of sp³-hybridized carbons (Fsp3) is 0.182. The molecule has 0 aliphatic carbocycles. The van der Waals surface area contributed by atoms with Crippen molar-refractivity contribution >= 4 is 20.7 Å². The average Bonchev–Trinajstić information content (AvgIpc) is 2.69. The highest BCUT2D eigenvalue weighted by atomic mass is 32.2. The van der Waals surface area contributed by atoms with Gasteiger partial charge in [0.15, 0.2) is 9.84 Å². The van der Waals surface area contributed by atoms with Crippen LogP contribution in [0.5, 0.6) is 0 Å². The van der Waals surface area contributed by atoms with Crippen LogP contribution in [0.25, 0.3) is 0 Å². The molecule has 7 heteroatoms. The molecule has 0 bridgehead atoms. The molecule has 3 rings (SSSR count). The summed E-state index contributed by atoms with van der Waals surface area (Å²) in [5, 5.41) is -0.945. The second-order valence-corrected chi connectivity index (χ2v) is 11.5. The first-order valence-electron chi connectivity index (χ1n) is 8.98. The summed E-state index contributed by atoms with van der Waals surface area (Å²) in [6.07, 6.45) is -4.78. The van der Waals surface area contributed by atoms with Crippen LogP contribution in [-0.2, 0) is 16.0 Å². The number of halogens is 3. The third-order valence-electron chi connectivity index (χ3n) is 4.48. The lowest BCUT2D eigenvalue weighted by Crippen LogP contribution is -2.19. The highest BCUT2D eigenvalue weighted by molar-refractivity contribution is 8.17. The molecule has 0 aromatic heterocycles. The fourth-order valence-electron chi connectivity index (χ4n) is 2.98. The van der Waals surface area contributed by atoms with Crippen molar-refractivity contribution in [2.45, 2.75) is 44.9 Å². The molecule has 0 spiro atoms. The quantitative estimate of drug-likeness (QED) is 0.470. The molecule has 3 aromatic carbocycles. The number of sulfone groups is 1. The second-order valence-electron chi connectivity index (χ2n) is 6.78. The van der Waals surface area contributed by atoms with Crippen molar-refractivity contribution < 1.29 is 21.6 Å². The smallest absolute Gasteiger partial charge is 0.223 e. The summed E-state index contributed by atoms with van der Waals surface area (Å²) in [4.78, 5) is 1.56. The Morgan fingerprint density at radius 2 is 1.24 bits per heavy atom. The van der Waals surface area contributed by atoms with Gasteiger partial charge in [-0.15, -0.1) is 0 Å². The molecule has 0 heterocycles. The van der Waals surface area contributed by atoms with Crippen LogP contribution in [0, 0.1) is 0 Å². The van der Waals surface area contributed by atoms with Gasteiger partial charge in [0.2, 0.25) is 0 Å². The van der Waals surface area contributed by atoms with Crippen LogP contribution in [-0.4, -0.2) is 13.7 Å². The first-order chi connectivity index (χ1) is 13.6. The SMILES string of the molecule is CC(C)S(=O)(=O)c1ccc([SH](c2ccccc2)c2ccccc2)cc1C(F)(F)F. The lowest BCUT2D eigenvalue weighted by Gasteiger charge is -2.25. The summed E-state index contributed by atoms with van der Waals surface area (Å²) >= 11 is 0. The molecular weight excluding hydrogens is 417 g/mol. The Kier molecular flexibility index (Phi) is 6.10. The van der Waals surface area contributed by atoms with Crippen molar-refractivity contribution in [2.24, 2.45) is 0 Å². The Morgan fingerprint density at radius 1 is 0.759 bits per heavy atom. The van der Waals surface area contributed by atoms with E-state index in [9.17, 15) is 21.6 Å². The molecule has 0 aliphatic heterocycles. The summed E-state index contributed by atoms with van der Waals surface area (Å²) in [6.45, 7) is 2.76. The molecule has 0 fully saturated rings.